The zero-order valence-electron chi connectivity index (χ0n) is 13.6. The molecule has 1 saturated heterocycles. The molecule has 0 atom stereocenters. The molecule has 1 aromatic carbocycles. The lowest BCUT2D eigenvalue weighted by molar-refractivity contribution is -0.130. The maximum Gasteiger partial charge on any atom is 0.232 e. The lowest BCUT2D eigenvalue weighted by atomic mass is 9.79. The fourth-order valence-corrected chi connectivity index (χ4v) is 2.86. The van der Waals surface area contributed by atoms with Gasteiger partial charge in [0.25, 0.3) is 0 Å². The van der Waals surface area contributed by atoms with E-state index in [0.717, 1.165) is 5.56 Å². The molecule has 1 amide bonds. The van der Waals surface area contributed by atoms with Gasteiger partial charge in [-0.15, -0.1) is 0 Å². The Morgan fingerprint density at radius 3 is 2.79 bits per heavy atom. The number of ether oxygens (including phenoxy) is 1. The van der Waals surface area contributed by atoms with E-state index in [2.05, 4.69) is 10.4 Å². The molecule has 1 aliphatic rings. The molecule has 24 heavy (non-hydrogen) atoms. The third-order valence-electron chi connectivity index (χ3n) is 4.49. The van der Waals surface area contributed by atoms with Crippen molar-refractivity contribution in [3.8, 4) is 5.69 Å². The molecule has 1 fully saturated rings. The number of hydrogen-bond donors (Lipinski definition) is 2. The summed E-state index contributed by atoms with van der Waals surface area (Å²) in [5.41, 5.74) is 6.86. The van der Waals surface area contributed by atoms with Crippen molar-refractivity contribution in [3.63, 3.8) is 0 Å². The number of benzene rings is 1. The van der Waals surface area contributed by atoms with Crippen LogP contribution in [0.3, 0.4) is 0 Å². The largest absolute Gasteiger partial charge is 0.381 e. The smallest absolute Gasteiger partial charge is 0.232 e. The van der Waals surface area contributed by atoms with Crippen LogP contribution in [0.25, 0.3) is 5.69 Å². The van der Waals surface area contributed by atoms with E-state index in [1.54, 1.807) is 24.5 Å². The fourth-order valence-electron chi connectivity index (χ4n) is 2.86. The number of carbonyl (C=O) groups excluding carboxylic acids is 1. The number of nitrogens with one attached hydrogen (secondary N) is 1. The molecular formula is C17H21FN4O2. The van der Waals surface area contributed by atoms with Gasteiger partial charge in [0.2, 0.25) is 5.91 Å². The number of nitrogens with zero attached hydrogens (tertiary/aromatic N) is 2. The zero-order chi connectivity index (χ0) is 17.2. The number of aryl methyl sites for hydroxylation is 1. The van der Waals surface area contributed by atoms with Gasteiger partial charge in [0.1, 0.15) is 5.69 Å². The number of anilines is 1. The van der Waals surface area contributed by atoms with Gasteiger partial charge < -0.3 is 15.8 Å². The van der Waals surface area contributed by atoms with Crippen molar-refractivity contribution in [3.05, 3.63) is 42.0 Å². The molecule has 0 spiro atoms. The number of amides is 1. The summed E-state index contributed by atoms with van der Waals surface area (Å²) >= 11 is 0. The van der Waals surface area contributed by atoms with Gasteiger partial charge in [-0.25, -0.2) is 9.07 Å². The maximum atomic E-state index is 14.4. The molecule has 2 aromatic rings. The summed E-state index contributed by atoms with van der Waals surface area (Å²) in [5, 5.41) is 6.88. The van der Waals surface area contributed by atoms with Crippen LogP contribution < -0.4 is 11.1 Å². The quantitative estimate of drug-likeness (QED) is 0.897. The number of carbonyl (C=O) groups is 1. The summed E-state index contributed by atoms with van der Waals surface area (Å²) in [6.07, 6.45) is 4.54. The lowest BCUT2D eigenvalue weighted by Crippen LogP contribution is -2.46. The topological polar surface area (TPSA) is 82.2 Å². The van der Waals surface area contributed by atoms with Gasteiger partial charge in [-0.1, -0.05) is 0 Å². The van der Waals surface area contributed by atoms with Crippen molar-refractivity contribution in [2.45, 2.75) is 19.8 Å². The van der Waals surface area contributed by atoms with E-state index in [1.165, 1.54) is 10.7 Å². The molecule has 1 aliphatic heterocycles. The van der Waals surface area contributed by atoms with Gasteiger partial charge in [0.15, 0.2) is 5.82 Å². The molecular weight excluding hydrogens is 311 g/mol. The highest BCUT2D eigenvalue weighted by atomic mass is 19.1. The Morgan fingerprint density at radius 2 is 2.21 bits per heavy atom. The highest BCUT2D eigenvalue weighted by molar-refractivity contribution is 5.95. The first-order valence-electron chi connectivity index (χ1n) is 7.94. The molecule has 0 radical (unpaired) electrons. The van der Waals surface area contributed by atoms with E-state index < -0.39 is 11.2 Å². The molecule has 0 aliphatic carbocycles. The van der Waals surface area contributed by atoms with Crippen LogP contribution in [0, 0.1) is 18.2 Å². The summed E-state index contributed by atoms with van der Waals surface area (Å²) in [4.78, 5) is 12.6. The van der Waals surface area contributed by atoms with Crippen molar-refractivity contribution >= 4 is 11.6 Å². The summed E-state index contributed by atoms with van der Waals surface area (Å²) in [7, 11) is 0. The van der Waals surface area contributed by atoms with Crippen molar-refractivity contribution in [2.75, 3.05) is 25.1 Å². The van der Waals surface area contributed by atoms with Gasteiger partial charge in [-0.3, -0.25) is 4.79 Å². The summed E-state index contributed by atoms with van der Waals surface area (Å²) in [6, 6.07) is 4.56. The van der Waals surface area contributed by atoms with Gasteiger partial charge in [0.05, 0.1) is 11.6 Å². The van der Waals surface area contributed by atoms with Gasteiger partial charge in [-0.05, 0) is 43.5 Å². The molecule has 128 valence electrons. The Balaban J connectivity index is 1.78. The van der Waals surface area contributed by atoms with Crippen molar-refractivity contribution in [1.82, 2.24) is 9.78 Å². The van der Waals surface area contributed by atoms with E-state index in [0.29, 0.717) is 37.4 Å². The molecule has 0 bridgehead atoms. The minimum atomic E-state index is -0.646. The molecule has 0 saturated carbocycles. The van der Waals surface area contributed by atoms with Crippen LogP contribution in [-0.4, -0.2) is 35.4 Å². The molecule has 3 rings (SSSR count). The first kappa shape index (κ1) is 16.6. The Morgan fingerprint density at radius 1 is 1.46 bits per heavy atom. The fraction of sp³-hybridized carbons (Fsp3) is 0.412. The lowest BCUT2D eigenvalue weighted by Gasteiger charge is -2.34. The van der Waals surface area contributed by atoms with Crippen LogP contribution in [0.1, 0.15) is 18.4 Å². The minimum Gasteiger partial charge on any atom is -0.381 e. The third kappa shape index (κ3) is 3.18. The van der Waals surface area contributed by atoms with Crippen LogP contribution >= 0.6 is 0 Å². The summed E-state index contributed by atoms with van der Waals surface area (Å²) < 4.78 is 21.1. The molecule has 2 heterocycles. The Hall–Kier alpha value is -2.25. The predicted octanol–water partition coefficient (Wildman–Crippen LogP) is 2.01. The molecule has 7 heteroatoms. The molecule has 1 aromatic heterocycles. The number of nitrogens with two attached hydrogens (primary N) is 1. The SMILES string of the molecule is Cc1cnn(-c2ccc(NC(=O)C3(CN)CCOCC3)cc2F)c1. The second-order valence-corrected chi connectivity index (χ2v) is 6.18. The monoisotopic (exact) mass is 332 g/mol. The average molecular weight is 332 g/mol. The summed E-state index contributed by atoms with van der Waals surface area (Å²) in [5.74, 6) is -0.639. The van der Waals surface area contributed by atoms with Crippen LogP contribution in [0.2, 0.25) is 0 Å². The van der Waals surface area contributed by atoms with Crippen molar-refractivity contribution in [1.29, 1.82) is 0 Å². The second-order valence-electron chi connectivity index (χ2n) is 6.18. The number of aromatic nitrogens is 2. The molecule has 3 N–H and O–H groups in total. The molecule has 0 unspecified atom stereocenters. The average Bonchev–Trinajstić information content (AvgIpc) is 3.01. The van der Waals surface area contributed by atoms with Crippen LogP contribution in [-0.2, 0) is 9.53 Å². The maximum absolute atomic E-state index is 14.4. The van der Waals surface area contributed by atoms with Crippen LogP contribution in [0.4, 0.5) is 10.1 Å². The first-order chi connectivity index (χ1) is 11.5. The standard InChI is InChI=1S/C17H21FN4O2/c1-12-9-20-22(10-12)15-3-2-13(8-14(15)18)21-16(23)17(11-19)4-6-24-7-5-17/h2-3,8-10H,4-7,11,19H2,1H3,(H,21,23). The first-order valence-corrected chi connectivity index (χ1v) is 7.94. The van der Waals surface area contributed by atoms with Gasteiger partial charge in [0, 0.05) is 31.6 Å². The van der Waals surface area contributed by atoms with Gasteiger partial charge >= 0.3 is 0 Å². The minimum absolute atomic E-state index is 0.185. The Labute approximate surface area is 139 Å². The number of rotatable bonds is 4. The number of hydrogen-bond acceptors (Lipinski definition) is 4. The second kappa shape index (κ2) is 6.70. The van der Waals surface area contributed by atoms with E-state index in [1.807, 2.05) is 6.92 Å². The van der Waals surface area contributed by atoms with Crippen molar-refractivity contribution < 1.29 is 13.9 Å². The van der Waals surface area contributed by atoms with E-state index in [-0.39, 0.29) is 12.5 Å². The Kier molecular flexibility index (Phi) is 4.64. The zero-order valence-corrected chi connectivity index (χ0v) is 13.6. The van der Waals surface area contributed by atoms with Crippen LogP contribution in [0.15, 0.2) is 30.6 Å². The highest BCUT2D eigenvalue weighted by Gasteiger charge is 2.38. The Bertz CT molecular complexity index is 738. The summed E-state index contributed by atoms with van der Waals surface area (Å²) in [6.45, 7) is 3.15. The van der Waals surface area contributed by atoms with Crippen LogP contribution in [0.5, 0.6) is 0 Å². The van der Waals surface area contributed by atoms with E-state index in [9.17, 15) is 9.18 Å². The van der Waals surface area contributed by atoms with Gasteiger partial charge in [-0.2, -0.15) is 5.10 Å². The van der Waals surface area contributed by atoms with Crippen molar-refractivity contribution in [2.24, 2.45) is 11.1 Å². The third-order valence-corrected chi connectivity index (χ3v) is 4.49. The predicted molar refractivity (Wildman–Crippen MR) is 88.4 cm³/mol. The normalized spacial score (nSPS) is 16.8. The molecule has 6 nitrogen and oxygen atoms in total. The van der Waals surface area contributed by atoms with E-state index in [4.69, 9.17) is 10.5 Å². The van der Waals surface area contributed by atoms with E-state index >= 15 is 0 Å². The highest BCUT2D eigenvalue weighted by Crippen LogP contribution is 2.31. The number of halogens is 1.